The van der Waals surface area contributed by atoms with E-state index in [4.69, 9.17) is 9.47 Å². The van der Waals surface area contributed by atoms with Crippen molar-refractivity contribution in [1.29, 1.82) is 0 Å². The Hall–Kier alpha value is -2.37. The van der Waals surface area contributed by atoms with Crippen LogP contribution in [0.2, 0.25) is 0 Å². The van der Waals surface area contributed by atoms with Crippen molar-refractivity contribution in [3.63, 3.8) is 0 Å². The molecule has 1 aliphatic heterocycles. The molecule has 22 heavy (non-hydrogen) atoms. The Kier molecular flexibility index (Phi) is 4.09. The van der Waals surface area contributed by atoms with Gasteiger partial charge in [-0.05, 0) is 34.9 Å². The Morgan fingerprint density at radius 3 is 2.86 bits per heavy atom. The third-order valence-corrected chi connectivity index (χ3v) is 3.70. The summed E-state index contributed by atoms with van der Waals surface area (Å²) >= 11 is 0. The molecule has 0 saturated heterocycles. The second-order valence-corrected chi connectivity index (χ2v) is 5.05. The number of hydrogen-bond donors (Lipinski definition) is 2. The van der Waals surface area contributed by atoms with Gasteiger partial charge in [0.2, 0.25) is 5.91 Å². The zero-order valence-electron chi connectivity index (χ0n) is 12.3. The molecule has 0 aliphatic carbocycles. The summed E-state index contributed by atoms with van der Waals surface area (Å²) in [6.07, 6.45) is 0. The number of anilines is 1. The first-order valence-corrected chi connectivity index (χ1v) is 7.00. The highest BCUT2D eigenvalue weighted by molar-refractivity contribution is 5.94. The number of methoxy groups -OCH3 is 1. The molecule has 114 valence electrons. The molecular formula is C17H17NO4. The fourth-order valence-corrected chi connectivity index (χ4v) is 2.63. The second kappa shape index (κ2) is 6.17. The summed E-state index contributed by atoms with van der Waals surface area (Å²) in [4.78, 5) is 11.6. The fraction of sp³-hybridized carbons (Fsp3) is 0.235. The number of carbonyl (C=O) groups excluding carboxylic acids is 1. The van der Waals surface area contributed by atoms with E-state index < -0.39 is 0 Å². The lowest BCUT2D eigenvalue weighted by Gasteiger charge is -2.15. The molecule has 1 amide bonds. The average Bonchev–Trinajstić information content (AvgIpc) is 2.74. The Morgan fingerprint density at radius 2 is 2.09 bits per heavy atom. The van der Waals surface area contributed by atoms with Crippen LogP contribution in [-0.4, -0.2) is 24.7 Å². The first kappa shape index (κ1) is 14.6. The van der Waals surface area contributed by atoms with Crippen LogP contribution >= 0.6 is 0 Å². The number of ether oxygens (including phenoxy) is 2. The molecule has 0 saturated carbocycles. The minimum Gasteiger partial charge on any atom is -0.497 e. The lowest BCUT2D eigenvalue weighted by Crippen LogP contribution is -2.14. The van der Waals surface area contributed by atoms with Crippen molar-refractivity contribution in [1.82, 2.24) is 0 Å². The van der Waals surface area contributed by atoms with Crippen molar-refractivity contribution in [2.75, 3.05) is 19.0 Å². The van der Waals surface area contributed by atoms with E-state index in [0.29, 0.717) is 12.4 Å². The predicted octanol–water partition coefficient (Wildman–Crippen LogP) is 2.32. The summed E-state index contributed by atoms with van der Waals surface area (Å²) in [6, 6.07) is 11.3. The molecule has 0 aromatic heterocycles. The second-order valence-electron chi connectivity index (χ2n) is 5.05. The van der Waals surface area contributed by atoms with E-state index in [9.17, 15) is 9.90 Å². The minimum absolute atomic E-state index is 0.0452. The fourth-order valence-electron chi connectivity index (χ4n) is 2.63. The van der Waals surface area contributed by atoms with E-state index in [2.05, 4.69) is 5.32 Å². The van der Waals surface area contributed by atoms with Gasteiger partial charge < -0.3 is 19.9 Å². The molecule has 0 radical (unpaired) electrons. The highest BCUT2D eigenvalue weighted by atomic mass is 16.5. The van der Waals surface area contributed by atoms with Crippen LogP contribution in [0.4, 0.5) is 5.69 Å². The number of carbonyl (C=O) groups is 1. The van der Waals surface area contributed by atoms with E-state index in [1.54, 1.807) is 7.11 Å². The van der Waals surface area contributed by atoms with E-state index in [1.165, 1.54) is 0 Å². The molecule has 3 rings (SSSR count). The quantitative estimate of drug-likeness (QED) is 0.912. The number of fused-ring (bicyclic) bond motifs is 1. The van der Waals surface area contributed by atoms with E-state index in [0.717, 1.165) is 27.9 Å². The molecular weight excluding hydrogens is 282 g/mol. The van der Waals surface area contributed by atoms with Gasteiger partial charge >= 0.3 is 0 Å². The number of nitrogens with one attached hydrogen (secondary N) is 1. The first-order valence-electron chi connectivity index (χ1n) is 7.00. The standard InChI is InChI=1S/C17H17NO4/c1-21-12-5-6-13(11(7-12)8-19)14-3-2-4-16-15(14)9-22-10-17(20)18-16/h2-7,19H,8-10H2,1H3,(H,18,20). The van der Waals surface area contributed by atoms with Crippen LogP contribution in [0.5, 0.6) is 5.75 Å². The maximum atomic E-state index is 11.6. The van der Waals surface area contributed by atoms with Gasteiger partial charge in [-0.25, -0.2) is 0 Å². The van der Waals surface area contributed by atoms with Crippen molar-refractivity contribution >= 4 is 11.6 Å². The number of rotatable bonds is 3. The first-order chi connectivity index (χ1) is 10.7. The van der Waals surface area contributed by atoms with Crippen molar-refractivity contribution in [2.24, 2.45) is 0 Å². The maximum Gasteiger partial charge on any atom is 0.250 e. The van der Waals surface area contributed by atoms with Gasteiger partial charge in [-0.15, -0.1) is 0 Å². The summed E-state index contributed by atoms with van der Waals surface area (Å²) in [5.74, 6) is 0.535. The number of benzene rings is 2. The third kappa shape index (κ3) is 2.68. The number of aliphatic hydroxyl groups is 1. The Labute approximate surface area is 128 Å². The van der Waals surface area contributed by atoms with Crippen molar-refractivity contribution in [3.05, 3.63) is 47.5 Å². The summed E-state index contributed by atoms with van der Waals surface area (Å²) in [6.45, 7) is 0.300. The van der Waals surface area contributed by atoms with Crippen LogP contribution in [0.15, 0.2) is 36.4 Å². The van der Waals surface area contributed by atoms with Crippen LogP contribution in [0.1, 0.15) is 11.1 Å². The third-order valence-electron chi connectivity index (χ3n) is 3.70. The zero-order valence-corrected chi connectivity index (χ0v) is 12.3. The Morgan fingerprint density at radius 1 is 1.23 bits per heavy atom. The molecule has 0 spiro atoms. The zero-order chi connectivity index (χ0) is 15.5. The maximum absolute atomic E-state index is 11.6. The van der Waals surface area contributed by atoms with E-state index in [-0.39, 0.29) is 19.1 Å². The summed E-state index contributed by atoms with van der Waals surface area (Å²) < 4.78 is 10.6. The number of amides is 1. The largest absolute Gasteiger partial charge is 0.497 e. The Bertz CT molecular complexity index is 712. The molecule has 5 nitrogen and oxygen atoms in total. The van der Waals surface area contributed by atoms with Gasteiger partial charge in [0.05, 0.1) is 20.3 Å². The minimum atomic E-state index is -0.159. The van der Waals surface area contributed by atoms with Crippen molar-refractivity contribution in [3.8, 4) is 16.9 Å². The molecule has 2 aromatic rings. The van der Waals surface area contributed by atoms with Gasteiger partial charge in [-0.1, -0.05) is 18.2 Å². The molecule has 5 heteroatoms. The van der Waals surface area contributed by atoms with Crippen LogP contribution in [0.3, 0.4) is 0 Å². The van der Waals surface area contributed by atoms with Gasteiger partial charge in [0.1, 0.15) is 12.4 Å². The van der Waals surface area contributed by atoms with Gasteiger partial charge in [0.25, 0.3) is 0 Å². The molecule has 0 fully saturated rings. The Balaban J connectivity index is 2.13. The molecule has 0 bridgehead atoms. The molecule has 0 atom stereocenters. The highest BCUT2D eigenvalue weighted by Crippen LogP contribution is 2.34. The predicted molar refractivity (Wildman–Crippen MR) is 82.6 cm³/mol. The summed E-state index contributed by atoms with van der Waals surface area (Å²) in [5, 5.41) is 12.5. The van der Waals surface area contributed by atoms with Crippen LogP contribution in [-0.2, 0) is 22.7 Å². The van der Waals surface area contributed by atoms with Crippen LogP contribution in [0.25, 0.3) is 11.1 Å². The molecule has 2 N–H and O–H groups in total. The average molecular weight is 299 g/mol. The lowest BCUT2D eigenvalue weighted by atomic mass is 9.94. The smallest absolute Gasteiger partial charge is 0.250 e. The summed E-state index contributed by atoms with van der Waals surface area (Å²) in [7, 11) is 1.59. The number of hydrogen-bond acceptors (Lipinski definition) is 4. The van der Waals surface area contributed by atoms with Crippen LogP contribution < -0.4 is 10.1 Å². The van der Waals surface area contributed by atoms with Gasteiger partial charge in [-0.2, -0.15) is 0 Å². The van der Waals surface area contributed by atoms with Crippen molar-refractivity contribution in [2.45, 2.75) is 13.2 Å². The highest BCUT2D eigenvalue weighted by Gasteiger charge is 2.18. The van der Waals surface area contributed by atoms with Crippen LogP contribution in [0, 0.1) is 0 Å². The lowest BCUT2D eigenvalue weighted by molar-refractivity contribution is -0.120. The number of aliphatic hydroxyl groups excluding tert-OH is 1. The van der Waals surface area contributed by atoms with Gasteiger partial charge in [0, 0.05) is 11.3 Å². The van der Waals surface area contributed by atoms with E-state index >= 15 is 0 Å². The molecule has 0 unspecified atom stereocenters. The summed E-state index contributed by atoms with van der Waals surface area (Å²) in [5.41, 5.74) is 4.27. The molecule has 1 heterocycles. The van der Waals surface area contributed by atoms with Crippen molar-refractivity contribution < 1.29 is 19.4 Å². The topological polar surface area (TPSA) is 67.8 Å². The molecule has 2 aromatic carbocycles. The monoisotopic (exact) mass is 299 g/mol. The van der Waals surface area contributed by atoms with E-state index in [1.807, 2.05) is 36.4 Å². The molecule has 1 aliphatic rings. The SMILES string of the molecule is COc1ccc(-c2cccc3c2COCC(=O)N3)c(CO)c1. The van der Waals surface area contributed by atoms with Gasteiger partial charge in [-0.3, -0.25) is 4.79 Å². The van der Waals surface area contributed by atoms with Gasteiger partial charge in [0.15, 0.2) is 0 Å². The normalized spacial score (nSPS) is 14.0.